The summed E-state index contributed by atoms with van der Waals surface area (Å²) in [7, 11) is 0. The average molecular weight is 239 g/mol. The van der Waals surface area contributed by atoms with E-state index in [0.29, 0.717) is 5.69 Å². The molecule has 3 N–H and O–H groups in total. The summed E-state index contributed by atoms with van der Waals surface area (Å²) in [5.74, 6) is 0.788. The Bertz CT molecular complexity index is 703. The molecule has 3 aromatic rings. The molecule has 2 heterocycles. The van der Waals surface area contributed by atoms with Gasteiger partial charge in [-0.15, -0.1) is 0 Å². The van der Waals surface area contributed by atoms with E-state index in [1.165, 1.54) is 0 Å². The second-order valence-electron chi connectivity index (χ2n) is 4.20. The topological polar surface area (TPSA) is 64.1 Å². The smallest absolute Gasteiger partial charge is 0.136 e. The van der Waals surface area contributed by atoms with Crippen molar-refractivity contribution in [1.29, 1.82) is 0 Å². The highest BCUT2D eigenvalue weighted by atomic mass is 16.3. The number of benzene rings is 1. The quantitative estimate of drug-likeness (QED) is 0.718. The zero-order valence-corrected chi connectivity index (χ0v) is 9.97. The summed E-state index contributed by atoms with van der Waals surface area (Å²) in [6.07, 6.45) is 3.33. The van der Waals surface area contributed by atoms with Gasteiger partial charge in [0.1, 0.15) is 17.7 Å². The molecule has 0 unspecified atom stereocenters. The van der Waals surface area contributed by atoms with Gasteiger partial charge in [0.15, 0.2) is 0 Å². The minimum Gasteiger partial charge on any atom is -0.462 e. The van der Waals surface area contributed by atoms with Crippen LogP contribution < -0.4 is 11.1 Å². The van der Waals surface area contributed by atoms with Gasteiger partial charge >= 0.3 is 0 Å². The van der Waals surface area contributed by atoms with Crippen LogP contribution in [0.1, 0.15) is 5.56 Å². The van der Waals surface area contributed by atoms with Gasteiger partial charge in [-0.05, 0) is 30.7 Å². The summed E-state index contributed by atoms with van der Waals surface area (Å²) < 4.78 is 5.47. The SMILES string of the molecule is Cc1cc(N)cnc1Nc1coc2ccccc12. The summed E-state index contributed by atoms with van der Waals surface area (Å²) in [5.41, 5.74) is 9.11. The van der Waals surface area contributed by atoms with Crippen LogP contribution in [0.25, 0.3) is 11.0 Å². The van der Waals surface area contributed by atoms with Crippen LogP contribution in [0, 0.1) is 6.92 Å². The number of nitrogens with two attached hydrogens (primary N) is 1. The molecule has 3 rings (SSSR count). The fraction of sp³-hybridized carbons (Fsp3) is 0.0714. The maximum absolute atomic E-state index is 5.68. The normalized spacial score (nSPS) is 10.7. The molecular formula is C14H13N3O. The van der Waals surface area contributed by atoms with E-state index < -0.39 is 0 Å². The molecule has 0 atom stereocenters. The second kappa shape index (κ2) is 4.07. The van der Waals surface area contributed by atoms with E-state index in [9.17, 15) is 0 Å². The number of furan rings is 1. The molecule has 1 aromatic carbocycles. The van der Waals surface area contributed by atoms with E-state index in [4.69, 9.17) is 10.2 Å². The standard InChI is InChI=1S/C14H13N3O/c1-9-6-10(15)7-16-14(9)17-12-8-18-13-5-3-2-4-11(12)13/h2-8H,15H2,1H3,(H,16,17). The Labute approximate surface area is 104 Å². The third kappa shape index (κ3) is 1.78. The highest BCUT2D eigenvalue weighted by molar-refractivity contribution is 5.92. The van der Waals surface area contributed by atoms with Crippen molar-refractivity contribution in [2.75, 3.05) is 11.1 Å². The predicted molar refractivity (Wildman–Crippen MR) is 72.9 cm³/mol. The lowest BCUT2D eigenvalue weighted by Crippen LogP contribution is -1.97. The van der Waals surface area contributed by atoms with Crippen molar-refractivity contribution in [3.05, 3.63) is 48.4 Å². The number of fused-ring (bicyclic) bond motifs is 1. The summed E-state index contributed by atoms with van der Waals surface area (Å²) in [5, 5.41) is 4.30. The Hall–Kier alpha value is -2.49. The monoisotopic (exact) mass is 239 g/mol. The Morgan fingerprint density at radius 2 is 2.11 bits per heavy atom. The largest absolute Gasteiger partial charge is 0.462 e. The van der Waals surface area contributed by atoms with E-state index in [1.54, 1.807) is 12.5 Å². The molecule has 0 aliphatic heterocycles. The fourth-order valence-electron chi connectivity index (χ4n) is 1.93. The van der Waals surface area contributed by atoms with Gasteiger partial charge in [-0.25, -0.2) is 4.98 Å². The van der Waals surface area contributed by atoms with Crippen LogP contribution in [0.15, 0.2) is 47.2 Å². The number of hydrogen-bond acceptors (Lipinski definition) is 4. The first-order valence-electron chi connectivity index (χ1n) is 5.69. The molecule has 4 heteroatoms. The molecule has 4 nitrogen and oxygen atoms in total. The molecule has 2 aromatic heterocycles. The van der Waals surface area contributed by atoms with Crippen molar-refractivity contribution in [3.63, 3.8) is 0 Å². The first-order chi connectivity index (χ1) is 8.74. The van der Waals surface area contributed by atoms with E-state index >= 15 is 0 Å². The van der Waals surface area contributed by atoms with Crippen molar-refractivity contribution in [3.8, 4) is 0 Å². The van der Waals surface area contributed by atoms with Gasteiger partial charge in [0.25, 0.3) is 0 Å². The molecule has 90 valence electrons. The number of aromatic nitrogens is 1. The summed E-state index contributed by atoms with van der Waals surface area (Å²) in [6, 6.07) is 9.75. The number of pyridine rings is 1. The molecule has 0 saturated heterocycles. The van der Waals surface area contributed by atoms with Crippen molar-refractivity contribution in [1.82, 2.24) is 4.98 Å². The molecule has 0 radical (unpaired) electrons. The molecule has 0 amide bonds. The molecular weight excluding hydrogens is 226 g/mol. The van der Waals surface area contributed by atoms with Crippen LogP contribution in [0.4, 0.5) is 17.2 Å². The molecule has 0 bridgehead atoms. The van der Waals surface area contributed by atoms with E-state index in [0.717, 1.165) is 28.0 Å². The number of para-hydroxylation sites is 1. The van der Waals surface area contributed by atoms with Crippen LogP contribution in [-0.4, -0.2) is 4.98 Å². The van der Waals surface area contributed by atoms with Gasteiger partial charge < -0.3 is 15.5 Å². The summed E-state index contributed by atoms with van der Waals surface area (Å²) in [6.45, 7) is 1.97. The van der Waals surface area contributed by atoms with Gasteiger partial charge in [-0.1, -0.05) is 12.1 Å². The van der Waals surface area contributed by atoms with Gasteiger partial charge in [-0.3, -0.25) is 0 Å². The van der Waals surface area contributed by atoms with Crippen LogP contribution in [0.3, 0.4) is 0 Å². The molecule has 0 aliphatic carbocycles. The lowest BCUT2D eigenvalue weighted by molar-refractivity contribution is 0.617. The van der Waals surface area contributed by atoms with E-state index in [1.807, 2.05) is 37.3 Å². The van der Waals surface area contributed by atoms with Crippen LogP contribution in [0.2, 0.25) is 0 Å². The molecule has 0 saturated carbocycles. The number of nitrogens with zero attached hydrogens (tertiary/aromatic N) is 1. The van der Waals surface area contributed by atoms with Crippen LogP contribution >= 0.6 is 0 Å². The van der Waals surface area contributed by atoms with Gasteiger partial charge in [-0.2, -0.15) is 0 Å². The molecule has 0 aliphatic rings. The van der Waals surface area contributed by atoms with E-state index in [2.05, 4.69) is 10.3 Å². The Balaban J connectivity index is 2.01. The Morgan fingerprint density at radius 3 is 2.94 bits per heavy atom. The first-order valence-corrected chi connectivity index (χ1v) is 5.69. The number of anilines is 3. The Morgan fingerprint density at radius 1 is 1.28 bits per heavy atom. The number of nitrogen functional groups attached to an aromatic ring is 1. The fourth-order valence-corrected chi connectivity index (χ4v) is 1.93. The third-order valence-corrected chi connectivity index (χ3v) is 2.83. The predicted octanol–water partition coefficient (Wildman–Crippen LogP) is 3.46. The number of aryl methyl sites for hydroxylation is 1. The van der Waals surface area contributed by atoms with Crippen molar-refractivity contribution < 1.29 is 4.42 Å². The first kappa shape index (κ1) is 10.7. The van der Waals surface area contributed by atoms with Crippen LogP contribution in [-0.2, 0) is 0 Å². The summed E-state index contributed by atoms with van der Waals surface area (Å²) >= 11 is 0. The van der Waals surface area contributed by atoms with Crippen molar-refractivity contribution >= 4 is 28.2 Å². The van der Waals surface area contributed by atoms with Crippen molar-refractivity contribution in [2.45, 2.75) is 6.92 Å². The maximum atomic E-state index is 5.68. The van der Waals surface area contributed by atoms with Crippen molar-refractivity contribution in [2.24, 2.45) is 0 Å². The Kier molecular flexibility index (Phi) is 2.41. The van der Waals surface area contributed by atoms with Gasteiger partial charge in [0, 0.05) is 5.39 Å². The van der Waals surface area contributed by atoms with Crippen LogP contribution in [0.5, 0.6) is 0 Å². The number of nitrogens with one attached hydrogen (secondary N) is 1. The minimum atomic E-state index is 0.662. The molecule has 0 spiro atoms. The minimum absolute atomic E-state index is 0.662. The highest BCUT2D eigenvalue weighted by Gasteiger charge is 2.07. The zero-order chi connectivity index (χ0) is 12.5. The lowest BCUT2D eigenvalue weighted by Gasteiger charge is -2.07. The highest BCUT2D eigenvalue weighted by Crippen LogP contribution is 2.28. The average Bonchev–Trinajstić information content (AvgIpc) is 2.76. The third-order valence-electron chi connectivity index (χ3n) is 2.83. The maximum Gasteiger partial charge on any atom is 0.136 e. The second-order valence-corrected chi connectivity index (χ2v) is 4.20. The number of rotatable bonds is 2. The lowest BCUT2D eigenvalue weighted by atomic mass is 10.2. The van der Waals surface area contributed by atoms with Gasteiger partial charge in [0.2, 0.25) is 0 Å². The number of hydrogen-bond donors (Lipinski definition) is 2. The van der Waals surface area contributed by atoms with Gasteiger partial charge in [0.05, 0.1) is 17.6 Å². The summed E-state index contributed by atoms with van der Waals surface area (Å²) in [4.78, 5) is 4.28. The van der Waals surface area contributed by atoms with E-state index in [-0.39, 0.29) is 0 Å². The molecule has 0 fully saturated rings. The molecule has 18 heavy (non-hydrogen) atoms. The zero-order valence-electron chi connectivity index (χ0n) is 9.97.